The van der Waals surface area contributed by atoms with Gasteiger partial charge in [-0.05, 0) is 38.8 Å². The summed E-state index contributed by atoms with van der Waals surface area (Å²) in [6.45, 7) is 9.30. The molecule has 2 fully saturated rings. The molecule has 92 valence electrons. The molecule has 0 unspecified atom stereocenters. The van der Waals surface area contributed by atoms with Crippen molar-refractivity contribution in [3.63, 3.8) is 0 Å². The van der Waals surface area contributed by atoms with Crippen molar-refractivity contribution >= 4 is 8.32 Å². The molecular weight excluding hydrogens is 212 g/mol. The fraction of sp³-hybridized carbons (Fsp3) is 0.857. The molecule has 2 heteroatoms. The number of rotatable bonds is 1. The molecule has 2 rings (SSSR count). The minimum Gasteiger partial charge on any atom is -0.409 e. The van der Waals surface area contributed by atoms with Gasteiger partial charge in [-0.2, -0.15) is 0 Å². The summed E-state index contributed by atoms with van der Waals surface area (Å²) in [5.41, 5.74) is 0. The Kier molecular flexibility index (Phi) is 3.60. The van der Waals surface area contributed by atoms with E-state index in [2.05, 4.69) is 33.0 Å². The van der Waals surface area contributed by atoms with Gasteiger partial charge in [0.1, 0.15) is 0 Å². The zero-order valence-electron chi connectivity index (χ0n) is 11.3. The molecule has 1 heterocycles. The predicted molar refractivity (Wildman–Crippen MR) is 71.9 cm³/mol. The van der Waals surface area contributed by atoms with Crippen molar-refractivity contribution < 1.29 is 4.43 Å². The third kappa shape index (κ3) is 2.14. The van der Waals surface area contributed by atoms with Crippen molar-refractivity contribution in [3.05, 3.63) is 11.3 Å². The maximum Gasteiger partial charge on any atom is 0.214 e. The quantitative estimate of drug-likeness (QED) is 0.619. The van der Waals surface area contributed by atoms with Crippen molar-refractivity contribution in [2.45, 2.75) is 65.1 Å². The summed E-state index contributed by atoms with van der Waals surface area (Å²) in [4.78, 5) is 0. The molecule has 1 aliphatic carbocycles. The average molecular weight is 238 g/mol. The fourth-order valence-corrected chi connectivity index (χ4v) is 6.98. The fourth-order valence-electron chi connectivity index (χ4n) is 3.81. The lowest BCUT2D eigenvalue weighted by Gasteiger charge is -2.30. The molecule has 16 heavy (non-hydrogen) atoms. The van der Waals surface area contributed by atoms with Crippen LogP contribution >= 0.6 is 0 Å². The molecule has 1 saturated heterocycles. The van der Waals surface area contributed by atoms with E-state index < -0.39 is 8.32 Å². The van der Waals surface area contributed by atoms with Gasteiger partial charge in [-0.15, -0.1) is 0 Å². The third-order valence-electron chi connectivity index (χ3n) is 4.53. The van der Waals surface area contributed by atoms with Gasteiger partial charge in [0.15, 0.2) is 0 Å². The minimum absolute atomic E-state index is 0.535. The molecule has 0 N–H and O–H groups in total. The lowest BCUT2D eigenvalue weighted by molar-refractivity contribution is 0.0937. The first-order valence-electron chi connectivity index (χ1n) is 6.91. The molecule has 2 atom stereocenters. The molecule has 1 saturated carbocycles. The van der Waals surface area contributed by atoms with Crippen LogP contribution in [0.1, 0.15) is 46.0 Å². The van der Waals surface area contributed by atoms with Crippen LogP contribution in [0.15, 0.2) is 11.3 Å². The Labute approximate surface area is 101 Å². The topological polar surface area (TPSA) is 9.23 Å². The number of hydrogen-bond acceptors (Lipinski definition) is 1. The van der Waals surface area contributed by atoms with Crippen LogP contribution in [0, 0.1) is 11.8 Å². The zero-order chi connectivity index (χ0) is 11.8. The van der Waals surface area contributed by atoms with Crippen LogP contribution < -0.4 is 0 Å². The molecule has 1 nitrogen and oxygen atoms in total. The Hall–Kier alpha value is -0.0831. The van der Waals surface area contributed by atoms with E-state index in [4.69, 9.17) is 4.43 Å². The summed E-state index contributed by atoms with van der Waals surface area (Å²) in [5.74, 6) is 1.52. The Morgan fingerprint density at radius 1 is 1.19 bits per heavy atom. The van der Waals surface area contributed by atoms with E-state index in [1.54, 1.807) is 5.20 Å². The van der Waals surface area contributed by atoms with Crippen LogP contribution in [-0.4, -0.2) is 14.4 Å². The van der Waals surface area contributed by atoms with E-state index in [0.717, 1.165) is 5.92 Å². The van der Waals surface area contributed by atoms with E-state index in [9.17, 15) is 0 Å². The average Bonchev–Trinajstić information content (AvgIpc) is 2.50. The minimum atomic E-state index is -1.52. The van der Waals surface area contributed by atoms with Gasteiger partial charge in [-0.25, -0.2) is 0 Å². The second-order valence-corrected chi connectivity index (χ2v) is 9.86. The van der Waals surface area contributed by atoms with Crippen molar-refractivity contribution in [1.29, 1.82) is 0 Å². The number of hydrogen-bond donors (Lipinski definition) is 0. The second kappa shape index (κ2) is 4.65. The third-order valence-corrected chi connectivity index (χ3v) is 7.53. The first-order chi connectivity index (χ1) is 7.56. The van der Waals surface area contributed by atoms with Gasteiger partial charge >= 0.3 is 0 Å². The molecule has 0 bridgehead atoms. The van der Waals surface area contributed by atoms with Crippen LogP contribution in [0.25, 0.3) is 0 Å². The van der Waals surface area contributed by atoms with Gasteiger partial charge in [0.2, 0.25) is 8.32 Å². The lowest BCUT2D eigenvalue weighted by Crippen LogP contribution is -2.31. The summed E-state index contributed by atoms with van der Waals surface area (Å²) in [6.07, 6.45) is 9.95. The van der Waals surface area contributed by atoms with Crippen LogP contribution in [0.4, 0.5) is 0 Å². The van der Waals surface area contributed by atoms with E-state index in [1.807, 2.05) is 0 Å². The van der Waals surface area contributed by atoms with Crippen LogP contribution in [0.3, 0.4) is 0 Å². The summed E-state index contributed by atoms with van der Waals surface area (Å²) in [5, 5.41) is 1.64. The van der Waals surface area contributed by atoms with E-state index in [1.165, 1.54) is 32.1 Å². The second-order valence-electron chi connectivity index (χ2n) is 6.02. The molecule has 2 aliphatic rings. The molecule has 0 amide bonds. The highest BCUT2D eigenvalue weighted by atomic mass is 28.4. The van der Waals surface area contributed by atoms with Gasteiger partial charge in [0.05, 0.1) is 6.10 Å². The normalized spacial score (nSPS) is 38.1. The molecule has 0 radical (unpaired) electrons. The van der Waals surface area contributed by atoms with Gasteiger partial charge < -0.3 is 4.43 Å². The van der Waals surface area contributed by atoms with Crippen molar-refractivity contribution in [2.75, 3.05) is 0 Å². The summed E-state index contributed by atoms with van der Waals surface area (Å²) in [6, 6.07) is 0. The van der Waals surface area contributed by atoms with Gasteiger partial charge in [-0.1, -0.05) is 37.5 Å². The first-order valence-corrected chi connectivity index (χ1v) is 9.81. The van der Waals surface area contributed by atoms with Gasteiger partial charge in [0, 0.05) is 5.92 Å². The zero-order valence-corrected chi connectivity index (χ0v) is 12.3. The highest BCUT2D eigenvalue weighted by Gasteiger charge is 2.46. The summed E-state index contributed by atoms with van der Waals surface area (Å²) < 4.78 is 6.47. The Balaban J connectivity index is 2.12. The monoisotopic (exact) mass is 238 g/mol. The van der Waals surface area contributed by atoms with Crippen molar-refractivity contribution in [2.24, 2.45) is 11.8 Å². The van der Waals surface area contributed by atoms with Crippen molar-refractivity contribution in [3.8, 4) is 0 Å². The highest BCUT2D eigenvalue weighted by molar-refractivity contribution is 6.79. The Morgan fingerprint density at radius 3 is 2.31 bits per heavy atom. The molecular formula is C14H26OSi. The summed E-state index contributed by atoms with van der Waals surface area (Å²) in [7, 11) is -1.52. The molecule has 1 aliphatic heterocycles. The molecule has 0 aromatic rings. The molecule has 0 aromatic heterocycles. The Bertz CT molecular complexity index is 276. The first kappa shape index (κ1) is 12.4. The number of allylic oxidation sites excluding steroid dienone is 1. The van der Waals surface area contributed by atoms with E-state index >= 15 is 0 Å². The van der Waals surface area contributed by atoms with Crippen LogP contribution in [0.5, 0.6) is 0 Å². The van der Waals surface area contributed by atoms with Crippen LogP contribution in [-0.2, 0) is 4.43 Å². The van der Waals surface area contributed by atoms with Crippen LogP contribution in [0.2, 0.25) is 13.1 Å². The lowest BCUT2D eigenvalue weighted by atomic mass is 9.81. The largest absolute Gasteiger partial charge is 0.409 e. The summed E-state index contributed by atoms with van der Waals surface area (Å²) >= 11 is 0. The Morgan fingerprint density at radius 2 is 1.81 bits per heavy atom. The van der Waals surface area contributed by atoms with Gasteiger partial charge in [0.25, 0.3) is 0 Å². The maximum absolute atomic E-state index is 6.47. The van der Waals surface area contributed by atoms with Gasteiger partial charge in [-0.3, -0.25) is 0 Å². The maximum atomic E-state index is 6.47. The highest BCUT2D eigenvalue weighted by Crippen LogP contribution is 2.43. The van der Waals surface area contributed by atoms with Crippen molar-refractivity contribution in [1.82, 2.24) is 0 Å². The smallest absolute Gasteiger partial charge is 0.214 e. The molecule has 0 spiro atoms. The SMILES string of the molecule is C/C=C1\[C@H](C)[C@@H](C2CCCCC2)O[Si]1(C)C. The molecule has 0 aromatic carbocycles. The van der Waals surface area contributed by atoms with E-state index in [-0.39, 0.29) is 0 Å². The van der Waals surface area contributed by atoms with E-state index in [0.29, 0.717) is 12.0 Å². The predicted octanol–water partition coefficient (Wildman–Crippen LogP) is 4.29. The standard InChI is InChI=1S/C14H26OSi/c1-5-13-11(2)14(15-16(13,3)4)12-9-7-6-8-10-12/h5,11-12,14H,6-10H2,1-4H3/b13-5+/t11-,14-/m0/s1.